The molecule has 0 nitrogen and oxygen atoms in total. The summed E-state index contributed by atoms with van der Waals surface area (Å²) in [5, 5.41) is 0. The summed E-state index contributed by atoms with van der Waals surface area (Å²) >= 11 is 0. The van der Waals surface area contributed by atoms with E-state index in [9.17, 15) is 0 Å². The molecular formula is C10H19. The molecule has 0 amide bonds. The summed E-state index contributed by atoms with van der Waals surface area (Å²) in [6.07, 6.45) is 4.94. The van der Waals surface area contributed by atoms with E-state index in [2.05, 4.69) is 27.7 Å². The Hall–Kier alpha value is -0.260. The Labute approximate surface area is 65.3 Å². The summed E-state index contributed by atoms with van der Waals surface area (Å²) in [6, 6.07) is 0. The zero-order valence-electron chi connectivity index (χ0n) is 7.54. The first-order valence-electron chi connectivity index (χ1n) is 4.22. The molecule has 59 valence electrons. The van der Waals surface area contributed by atoms with Crippen LogP contribution >= 0.6 is 0 Å². The van der Waals surface area contributed by atoms with Gasteiger partial charge in [0, 0.05) is 0 Å². The van der Waals surface area contributed by atoms with Gasteiger partial charge in [0.25, 0.3) is 0 Å². The van der Waals surface area contributed by atoms with Crippen molar-refractivity contribution < 1.29 is 0 Å². The van der Waals surface area contributed by atoms with Crippen molar-refractivity contribution >= 4 is 0 Å². The van der Waals surface area contributed by atoms with Crippen molar-refractivity contribution in [1.29, 1.82) is 0 Å². The Morgan fingerprint density at radius 2 is 1.90 bits per heavy atom. The average Bonchev–Trinajstić information content (AvgIpc) is 1.98. The zero-order chi connectivity index (χ0) is 7.98. The largest absolute Gasteiger partial charge is 0.0741 e. The third kappa shape index (κ3) is 3.71. The molecule has 0 aliphatic carbocycles. The minimum Gasteiger partial charge on any atom is -0.0741 e. The highest BCUT2D eigenvalue weighted by atomic mass is 14.0. The van der Waals surface area contributed by atoms with Crippen molar-refractivity contribution in [3.05, 3.63) is 18.1 Å². The van der Waals surface area contributed by atoms with Gasteiger partial charge in [0.05, 0.1) is 0 Å². The lowest BCUT2D eigenvalue weighted by Crippen LogP contribution is -1.83. The van der Waals surface area contributed by atoms with Crippen LogP contribution in [0.2, 0.25) is 0 Å². The second-order valence-corrected chi connectivity index (χ2v) is 2.84. The average molecular weight is 139 g/mol. The van der Waals surface area contributed by atoms with Crippen LogP contribution in [0.1, 0.15) is 46.5 Å². The number of hydrogen-bond acceptors (Lipinski definition) is 0. The zero-order valence-corrected chi connectivity index (χ0v) is 7.54. The Morgan fingerprint density at radius 3 is 2.30 bits per heavy atom. The summed E-state index contributed by atoms with van der Waals surface area (Å²) in [7, 11) is 0. The Morgan fingerprint density at radius 1 is 1.30 bits per heavy atom. The van der Waals surface area contributed by atoms with Crippen LogP contribution < -0.4 is 0 Å². The molecule has 0 N–H and O–H groups in total. The van der Waals surface area contributed by atoms with Gasteiger partial charge >= 0.3 is 0 Å². The van der Waals surface area contributed by atoms with Gasteiger partial charge < -0.3 is 0 Å². The molecule has 0 atom stereocenters. The monoisotopic (exact) mass is 139 g/mol. The predicted molar refractivity (Wildman–Crippen MR) is 47.9 cm³/mol. The van der Waals surface area contributed by atoms with Crippen molar-refractivity contribution in [2.45, 2.75) is 46.5 Å². The molecule has 0 aromatic carbocycles. The standard InChI is InChI=1S/C10H19/c1-5-7-8-10(4)9(3)6-2/h3,5-8H2,1-2,4H3. The summed E-state index contributed by atoms with van der Waals surface area (Å²) in [5.74, 6) is 0. The molecule has 0 aromatic rings. The fraction of sp³-hybridized carbons (Fsp3) is 0.700. The van der Waals surface area contributed by atoms with E-state index >= 15 is 0 Å². The Kier molecular flexibility index (Phi) is 5.38. The summed E-state index contributed by atoms with van der Waals surface area (Å²) in [4.78, 5) is 0. The maximum absolute atomic E-state index is 3.99. The Balaban J connectivity index is 3.68. The molecule has 0 heteroatoms. The Bertz CT molecular complexity index is 109. The molecule has 0 heterocycles. The van der Waals surface area contributed by atoms with Crippen LogP contribution in [-0.4, -0.2) is 0 Å². The quantitative estimate of drug-likeness (QED) is 0.556. The summed E-state index contributed by atoms with van der Waals surface area (Å²) in [6.45, 7) is 10.6. The van der Waals surface area contributed by atoms with Gasteiger partial charge in [-0.3, -0.25) is 0 Å². The van der Waals surface area contributed by atoms with Gasteiger partial charge in [0.1, 0.15) is 0 Å². The fourth-order valence-corrected chi connectivity index (χ4v) is 0.920. The van der Waals surface area contributed by atoms with Crippen molar-refractivity contribution in [1.82, 2.24) is 0 Å². The molecule has 1 radical (unpaired) electrons. The number of allylic oxidation sites excluding steroid dienone is 2. The molecule has 0 aliphatic heterocycles. The summed E-state index contributed by atoms with van der Waals surface area (Å²) in [5.41, 5.74) is 2.82. The SMILES string of the molecule is [CH2]C(CC)=C(C)CCCC. The smallest absolute Gasteiger partial charge is 0.0280 e. The van der Waals surface area contributed by atoms with E-state index in [1.165, 1.54) is 30.4 Å². The van der Waals surface area contributed by atoms with E-state index in [1.807, 2.05) is 0 Å². The topological polar surface area (TPSA) is 0 Å². The van der Waals surface area contributed by atoms with Crippen molar-refractivity contribution in [3.8, 4) is 0 Å². The predicted octanol–water partition coefficient (Wildman–Crippen LogP) is 3.74. The van der Waals surface area contributed by atoms with Crippen LogP contribution in [0.3, 0.4) is 0 Å². The molecule has 0 saturated heterocycles. The highest BCUT2D eigenvalue weighted by Gasteiger charge is 1.93. The van der Waals surface area contributed by atoms with E-state index < -0.39 is 0 Å². The van der Waals surface area contributed by atoms with Gasteiger partial charge in [0.15, 0.2) is 0 Å². The van der Waals surface area contributed by atoms with Gasteiger partial charge in [-0.1, -0.05) is 31.4 Å². The minimum atomic E-state index is 1.11. The fourth-order valence-electron chi connectivity index (χ4n) is 0.920. The number of hydrogen-bond donors (Lipinski definition) is 0. The number of rotatable bonds is 4. The molecule has 10 heavy (non-hydrogen) atoms. The molecule has 0 aromatic heterocycles. The van der Waals surface area contributed by atoms with Crippen LogP contribution in [0.15, 0.2) is 11.1 Å². The molecule has 0 unspecified atom stereocenters. The number of unbranched alkanes of at least 4 members (excludes halogenated alkanes) is 1. The van der Waals surface area contributed by atoms with E-state index in [0.29, 0.717) is 0 Å². The maximum Gasteiger partial charge on any atom is -0.0280 e. The molecular weight excluding hydrogens is 120 g/mol. The first kappa shape index (κ1) is 9.74. The van der Waals surface area contributed by atoms with Crippen molar-refractivity contribution in [2.75, 3.05) is 0 Å². The van der Waals surface area contributed by atoms with E-state index in [1.54, 1.807) is 0 Å². The normalized spacial score (nSPS) is 13.2. The molecule has 0 rings (SSSR count). The van der Waals surface area contributed by atoms with Crippen molar-refractivity contribution in [3.63, 3.8) is 0 Å². The van der Waals surface area contributed by atoms with Crippen LogP contribution in [0.25, 0.3) is 0 Å². The molecule has 0 saturated carbocycles. The molecule has 0 fully saturated rings. The first-order valence-corrected chi connectivity index (χ1v) is 4.22. The second-order valence-electron chi connectivity index (χ2n) is 2.84. The maximum atomic E-state index is 3.99. The lowest BCUT2D eigenvalue weighted by atomic mass is 10.0. The molecule has 0 spiro atoms. The highest BCUT2D eigenvalue weighted by molar-refractivity contribution is 5.13. The van der Waals surface area contributed by atoms with Crippen LogP contribution in [0, 0.1) is 6.92 Å². The lowest BCUT2D eigenvalue weighted by Gasteiger charge is -2.03. The van der Waals surface area contributed by atoms with Gasteiger partial charge in [-0.15, -0.1) is 0 Å². The third-order valence-corrected chi connectivity index (χ3v) is 1.94. The van der Waals surface area contributed by atoms with Crippen molar-refractivity contribution in [2.24, 2.45) is 0 Å². The van der Waals surface area contributed by atoms with Gasteiger partial charge in [-0.2, -0.15) is 0 Å². The van der Waals surface area contributed by atoms with Crippen LogP contribution in [-0.2, 0) is 0 Å². The molecule has 0 aliphatic rings. The summed E-state index contributed by atoms with van der Waals surface area (Å²) < 4.78 is 0. The van der Waals surface area contributed by atoms with E-state index in [0.717, 1.165) is 6.42 Å². The highest BCUT2D eigenvalue weighted by Crippen LogP contribution is 2.13. The van der Waals surface area contributed by atoms with E-state index in [4.69, 9.17) is 0 Å². The molecule has 0 bridgehead atoms. The van der Waals surface area contributed by atoms with Crippen LogP contribution in [0.5, 0.6) is 0 Å². The van der Waals surface area contributed by atoms with Gasteiger partial charge in [0.2, 0.25) is 0 Å². The van der Waals surface area contributed by atoms with Crippen LogP contribution in [0.4, 0.5) is 0 Å². The third-order valence-electron chi connectivity index (χ3n) is 1.94. The second kappa shape index (κ2) is 5.52. The van der Waals surface area contributed by atoms with Gasteiger partial charge in [-0.05, 0) is 33.1 Å². The first-order chi connectivity index (χ1) is 4.72. The minimum absolute atomic E-state index is 1.11. The van der Waals surface area contributed by atoms with E-state index in [-0.39, 0.29) is 0 Å². The lowest BCUT2D eigenvalue weighted by molar-refractivity contribution is 0.779. The van der Waals surface area contributed by atoms with Gasteiger partial charge in [-0.25, -0.2) is 0 Å².